The fourth-order valence-electron chi connectivity index (χ4n) is 2.06. The Bertz CT molecular complexity index is 401. The average Bonchev–Trinajstić information content (AvgIpc) is 2.41. The monoisotopic (exact) mass is 219 g/mol. The molecule has 0 atom stereocenters. The molecule has 86 valence electrons. The summed E-state index contributed by atoms with van der Waals surface area (Å²) in [5.41, 5.74) is 1.82. The molecule has 0 radical (unpaired) electrons. The molecule has 1 aliphatic rings. The van der Waals surface area contributed by atoms with E-state index in [1.54, 1.807) is 0 Å². The van der Waals surface area contributed by atoms with Crippen LogP contribution < -0.4 is 9.64 Å². The Kier molecular flexibility index (Phi) is 3.13. The van der Waals surface area contributed by atoms with Crippen LogP contribution in [0.3, 0.4) is 0 Å². The first-order chi connectivity index (χ1) is 7.72. The zero-order chi connectivity index (χ0) is 11.5. The van der Waals surface area contributed by atoms with Gasteiger partial charge in [-0.05, 0) is 31.5 Å². The Morgan fingerprint density at radius 1 is 1.44 bits per heavy atom. The van der Waals surface area contributed by atoms with E-state index in [4.69, 9.17) is 4.74 Å². The van der Waals surface area contributed by atoms with Crippen LogP contribution in [0.4, 0.5) is 5.69 Å². The molecular formula is C13H17NO2. The maximum atomic E-state index is 11.9. The predicted octanol–water partition coefficient (Wildman–Crippen LogP) is 2.50. The highest BCUT2D eigenvalue weighted by Crippen LogP contribution is 2.28. The van der Waals surface area contributed by atoms with E-state index in [1.165, 1.54) is 0 Å². The van der Waals surface area contributed by atoms with Crippen molar-refractivity contribution in [2.75, 3.05) is 25.1 Å². The molecule has 0 aliphatic carbocycles. The van der Waals surface area contributed by atoms with Crippen LogP contribution in [0, 0.1) is 0 Å². The second-order valence-electron chi connectivity index (χ2n) is 4.06. The molecule has 3 nitrogen and oxygen atoms in total. The van der Waals surface area contributed by atoms with Gasteiger partial charge in [0.15, 0.2) is 5.78 Å². The van der Waals surface area contributed by atoms with Gasteiger partial charge in [0.1, 0.15) is 5.75 Å². The van der Waals surface area contributed by atoms with Crippen molar-refractivity contribution in [1.29, 1.82) is 0 Å². The first kappa shape index (κ1) is 11.0. The van der Waals surface area contributed by atoms with Crippen molar-refractivity contribution in [3.63, 3.8) is 0 Å². The van der Waals surface area contributed by atoms with E-state index in [2.05, 4.69) is 4.90 Å². The number of ether oxygens (including phenoxy) is 1. The third-order valence-electron chi connectivity index (χ3n) is 2.89. The van der Waals surface area contributed by atoms with Crippen molar-refractivity contribution in [3.8, 4) is 5.75 Å². The van der Waals surface area contributed by atoms with Gasteiger partial charge in [-0.1, -0.05) is 0 Å². The smallest absolute Gasteiger partial charge is 0.165 e. The largest absolute Gasteiger partial charge is 0.494 e. The summed E-state index contributed by atoms with van der Waals surface area (Å²) in [5, 5.41) is 0. The van der Waals surface area contributed by atoms with Crippen molar-refractivity contribution in [3.05, 3.63) is 23.8 Å². The number of rotatable bonds is 2. The highest BCUT2D eigenvalue weighted by Gasteiger charge is 2.19. The SMILES string of the molecule is CCOc1ccc2c(c1)C(=O)CCCN2C. The zero-order valence-electron chi connectivity index (χ0n) is 9.82. The van der Waals surface area contributed by atoms with Crippen LogP contribution in [-0.2, 0) is 0 Å². The van der Waals surface area contributed by atoms with E-state index in [0.29, 0.717) is 13.0 Å². The number of carbonyl (C=O) groups excluding carboxylic acids is 1. The van der Waals surface area contributed by atoms with Crippen molar-refractivity contribution in [2.45, 2.75) is 19.8 Å². The predicted molar refractivity (Wildman–Crippen MR) is 64.4 cm³/mol. The molecule has 3 heteroatoms. The Morgan fingerprint density at radius 3 is 3.00 bits per heavy atom. The minimum Gasteiger partial charge on any atom is -0.494 e. The molecule has 0 saturated heterocycles. The Labute approximate surface area is 96.0 Å². The van der Waals surface area contributed by atoms with Crippen LogP contribution in [0.1, 0.15) is 30.1 Å². The van der Waals surface area contributed by atoms with Crippen LogP contribution in [-0.4, -0.2) is 26.0 Å². The molecule has 0 N–H and O–H groups in total. The molecule has 0 saturated carbocycles. The number of benzene rings is 1. The van der Waals surface area contributed by atoms with E-state index in [-0.39, 0.29) is 5.78 Å². The number of carbonyl (C=O) groups is 1. The maximum absolute atomic E-state index is 11.9. The van der Waals surface area contributed by atoms with Crippen LogP contribution in [0.2, 0.25) is 0 Å². The van der Waals surface area contributed by atoms with E-state index in [1.807, 2.05) is 32.2 Å². The summed E-state index contributed by atoms with van der Waals surface area (Å²) in [4.78, 5) is 14.1. The van der Waals surface area contributed by atoms with Crippen molar-refractivity contribution >= 4 is 11.5 Å². The van der Waals surface area contributed by atoms with Crippen LogP contribution in [0.25, 0.3) is 0 Å². The van der Waals surface area contributed by atoms with E-state index in [9.17, 15) is 4.79 Å². The Hall–Kier alpha value is -1.51. The Balaban J connectivity index is 2.41. The summed E-state index contributed by atoms with van der Waals surface area (Å²) in [5.74, 6) is 1.01. The number of hydrogen-bond donors (Lipinski definition) is 0. The van der Waals surface area contributed by atoms with E-state index in [0.717, 1.165) is 30.0 Å². The first-order valence-corrected chi connectivity index (χ1v) is 5.73. The molecule has 1 aromatic carbocycles. The lowest BCUT2D eigenvalue weighted by Crippen LogP contribution is -2.17. The van der Waals surface area contributed by atoms with Gasteiger partial charge in [0.05, 0.1) is 6.61 Å². The van der Waals surface area contributed by atoms with Gasteiger partial charge in [0, 0.05) is 31.3 Å². The topological polar surface area (TPSA) is 29.5 Å². The van der Waals surface area contributed by atoms with Gasteiger partial charge in [-0.3, -0.25) is 4.79 Å². The summed E-state index contributed by atoms with van der Waals surface area (Å²) in [6, 6.07) is 5.77. The zero-order valence-corrected chi connectivity index (χ0v) is 9.82. The quantitative estimate of drug-likeness (QED) is 0.765. The number of anilines is 1. The van der Waals surface area contributed by atoms with Crippen molar-refractivity contribution in [1.82, 2.24) is 0 Å². The molecule has 0 aromatic heterocycles. The van der Waals surface area contributed by atoms with Gasteiger partial charge in [-0.15, -0.1) is 0 Å². The summed E-state index contributed by atoms with van der Waals surface area (Å²) in [6.07, 6.45) is 1.56. The molecule has 0 unspecified atom stereocenters. The fraction of sp³-hybridized carbons (Fsp3) is 0.462. The van der Waals surface area contributed by atoms with Gasteiger partial charge in [-0.25, -0.2) is 0 Å². The number of fused-ring (bicyclic) bond motifs is 1. The fourth-order valence-corrected chi connectivity index (χ4v) is 2.06. The summed E-state index contributed by atoms with van der Waals surface area (Å²) < 4.78 is 5.43. The second-order valence-corrected chi connectivity index (χ2v) is 4.06. The highest BCUT2D eigenvalue weighted by molar-refractivity contribution is 6.02. The second kappa shape index (κ2) is 4.56. The highest BCUT2D eigenvalue weighted by atomic mass is 16.5. The van der Waals surface area contributed by atoms with E-state index >= 15 is 0 Å². The third-order valence-corrected chi connectivity index (χ3v) is 2.89. The van der Waals surface area contributed by atoms with Gasteiger partial charge in [0.25, 0.3) is 0 Å². The van der Waals surface area contributed by atoms with E-state index < -0.39 is 0 Å². The maximum Gasteiger partial charge on any atom is 0.165 e. The number of ketones is 1. The first-order valence-electron chi connectivity index (χ1n) is 5.73. The molecule has 1 aromatic rings. The normalized spacial score (nSPS) is 15.6. The molecule has 0 spiro atoms. The summed E-state index contributed by atoms with van der Waals surface area (Å²) in [7, 11) is 2.03. The van der Waals surface area contributed by atoms with Crippen LogP contribution >= 0.6 is 0 Å². The lowest BCUT2D eigenvalue weighted by atomic mass is 10.1. The average molecular weight is 219 g/mol. The minimum atomic E-state index is 0.223. The number of Topliss-reactive ketones (excluding diaryl/α,β-unsaturated/α-hetero) is 1. The molecule has 1 aliphatic heterocycles. The molecule has 2 rings (SSSR count). The lowest BCUT2D eigenvalue weighted by Gasteiger charge is -2.19. The minimum absolute atomic E-state index is 0.223. The van der Waals surface area contributed by atoms with Crippen molar-refractivity contribution in [2.24, 2.45) is 0 Å². The van der Waals surface area contributed by atoms with Crippen LogP contribution in [0.5, 0.6) is 5.75 Å². The molecule has 1 heterocycles. The standard InChI is InChI=1S/C13H17NO2/c1-3-16-10-6-7-12-11(9-10)13(15)5-4-8-14(12)2/h6-7,9H,3-5,8H2,1-2H3. The molecule has 0 bridgehead atoms. The molecule has 0 fully saturated rings. The molecular weight excluding hydrogens is 202 g/mol. The number of hydrogen-bond acceptors (Lipinski definition) is 3. The van der Waals surface area contributed by atoms with Crippen LogP contribution in [0.15, 0.2) is 18.2 Å². The lowest BCUT2D eigenvalue weighted by molar-refractivity contribution is 0.0983. The van der Waals surface area contributed by atoms with Gasteiger partial charge in [0.2, 0.25) is 0 Å². The summed E-state index contributed by atoms with van der Waals surface area (Å²) in [6.45, 7) is 3.51. The molecule has 16 heavy (non-hydrogen) atoms. The van der Waals surface area contributed by atoms with Crippen molar-refractivity contribution < 1.29 is 9.53 Å². The third kappa shape index (κ3) is 2.03. The Morgan fingerprint density at radius 2 is 2.25 bits per heavy atom. The molecule has 0 amide bonds. The number of nitrogens with zero attached hydrogens (tertiary/aromatic N) is 1. The summed E-state index contributed by atoms with van der Waals surface area (Å²) >= 11 is 0. The van der Waals surface area contributed by atoms with Gasteiger partial charge in [-0.2, -0.15) is 0 Å². The van der Waals surface area contributed by atoms with Gasteiger partial charge < -0.3 is 9.64 Å². The van der Waals surface area contributed by atoms with Gasteiger partial charge >= 0.3 is 0 Å².